The first kappa shape index (κ1) is 8.84. The van der Waals surface area contributed by atoms with E-state index >= 15 is 0 Å². The third-order valence-electron chi connectivity index (χ3n) is 1.60. The van der Waals surface area contributed by atoms with Crippen molar-refractivity contribution in [3.63, 3.8) is 0 Å². The second-order valence-corrected chi connectivity index (χ2v) is 2.77. The molecule has 1 heterocycles. The summed E-state index contributed by atoms with van der Waals surface area (Å²) in [5.41, 5.74) is 2.13. The molecule has 0 radical (unpaired) electrons. The lowest BCUT2D eigenvalue weighted by Crippen LogP contribution is -1.99. The lowest BCUT2D eigenvalue weighted by Gasteiger charge is -1.98. The Morgan fingerprint density at radius 3 is 2.58 bits per heavy atom. The van der Waals surface area contributed by atoms with Crippen LogP contribution in [0.5, 0.6) is 0 Å². The van der Waals surface area contributed by atoms with Gasteiger partial charge in [0.05, 0.1) is 17.6 Å². The van der Waals surface area contributed by atoms with E-state index in [2.05, 4.69) is 16.9 Å². The molecule has 1 aromatic rings. The fraction of sp³-hybridized carbons (Fsp3) is 0.444. The average Bonchev–Trinajstić information content (AvgIpc) is 2.06. The second-order valence-electron chi connectivity index (χ2n) is 2.77. The van der Waals surface area contributed by atoms with Gasteiger partial charge in [-0.25, -0.2) is 0 Å². The zero-order valence-corrected chi connectivity index (χ0v) is 7.46. The molecule has 0 fully saturated rings. The third-order valence-corrected chi connectivity index (χ3v) is 1.60. The summed E-state index contributed by atoms with van der Waals surface area (Å²) in [7, 11) is 0. The van der Waals surface area contributed by atoms with Gasteiger partial charge < -0.3 is 5.41 Å². The van der Waals surface area contributed by atoms with Crippen molar-refractivity contribution >= 4 is 5.71 Å². The molecule has 1 N–H and O–H groups in total. The van der Waals surface area contributed by atoms with Gasteiger partial charge in [-0.05, 0) is 13.3 Å². The maximum Gasteiger partial charge on any atom is 0.102 e. The van der Waals surface area contributed by atoms with Crippen molar-refractivity contribution in [2.75, 3.05) is 0 Å². The molecule has 0 atom stereocenters. The third kappa shape index (κ3) is 2.12. The number of rotatable bonds is 3. The van der Waals surface area contributed by atoms with Gasteiger partial charge in [0, 0.05) is 6.20 Å². The van der Waals surface area contributed by atoms with E-state index in [0.717, 1.165) is 18.5 Å². The van der Waals surface area contributed by atoms with Crippen molar-refractivity contribution in [3.05, 3.63) is 23.8 Å². The molecule has 0 spiro atoms. The Bertz CT molecular complexity index is 264. The van der Waals surface area contributed by atoms with Crippen LogP contribution in [0.15, 0.2) is 12.4 Å². The van der Waals surface area contributed by atoms with Gasteiger partial charge in [-0.1, -0.05) is 13.3 Å². The minimum atomic E-state index is 0.463. The first-order valence-electron chi connectivity index (χ1n) is 4.10. The highest BCUT2D eigenvalue weighted by molar-refractivity contribution is 5.93. The van der Waals surface area contributed by atoms with Crippen LogP contribution in [0.3, 0.4) is 0 Å². The molecular weight excluding hydrogens is 150 g/mol. The van der Waals surface area contributed by atoms with Crippen LogP contribution in [0, 0.1) is 5.41 Å². The van der Waals surface area contributed by atoms with Crippen LogP contribution in [0.2, 0.25) is 0 Å². The minimum absolute atomic E-state index is 0.463. The summed E-state index contributed by atoms with van der Waals surface area (Å²) in [5, 5.41) is 7.31. The van der Waals surface area contributed by atoms with E-state index in [9.17, 15) is 0 Å². The fourth-order valence-electron chi connectivity index (χ4n) is 0.934. The molecule has 12 heavy (non-hydrogen) atoms. The summed E-state index contributed by atoms with van der Waals surface area (Å²) in [6.07, 6.45) is 5.45. The summed E-state index contributed by atoms with van der Waals surface area (Å²) in [6, 6.07) is 0. The van der Waals surface area contributed by atoms with Crippen LogP contribution >= 0.6 is 0 Å². The monoisotopic (exact) mass is 163 g/mol. The van der Waals surface area contributed by atoms with Crippen LogP contribution in [0.1, 0.15) is 31.7 Å². The molecule has 0 aliphatic carbocycles. The summed E-state index contributed by atoms with van der Waals surface area (Å²) < 4.78 is 0. The van der Waals surface area contributed by atoms with Crippen molar-refractivity contribution in [1.82, 2.24) is 9.97 Å². The lowest BCUT2D eigenvalue weighted by molar-refractivity contribution is 0.869. The number of hydrogen-bond acceptors (Lipinski definition) is 3. The standard InChI is InChI=1S/C9H13N3/c1-3-4-8-5-12-9(6-11-8)7(2)10/h5-6,10H,3-4H2,1-2H3. The van der Waals surface area contributed by atoms with Crippen molar-refractivity contribution in [2.24, 2.45) is 0 Å². The zero-order valence-electron chi connectivity index (χ0n) is 7.46. The number of nitrogens with one attached hydrogen (secondary N) is 1. The minimum Gasteiger partial charge on any atom is -0.303 e. The Morgan fingerprint density at radius 2 is 2.17 bits per heavy atom. The molecule has 64 valence electrons. The van der Waals surface area contributed by atoms with Gasteiger partial charge in [-0.15, -0.1) is 0 Å². The number of aromatic nitrogens is 2. The van der Waals surface area contributed by atoms with Crippen molar-refractivity contribution in [2.45, 2.75) is 26.7 Å². The Morgan fingerprint density at radius 1 is 1.42 bits per heavy atom. The highest BCUT2D eigenvalue weighted by Gasteiger charge is 1.97. The van der Waals surface area contributed by atoms with Crippen LogP contribution < -0.4 is 0 Å². The molecule has 0 saturated carbocycles. The zero-order chi connectivity index (χ0) is 8.97. The van der Waals surface area contributed by atoms with Crippen LogP contribution in [-0.4, -0.2) is 15.7 Å². The van der Waals surface area contributed by atoms with Crippen LogP contribution in [-0.2, 0) is 6.42 Å². The summed E-state index contributed by atoms with van der Waals surface area (Å²) >= 11 is 0. The maximum atomic E-state index is 7.31. The van der Waals surface area contributed by atoms with Gasteiger partial charge in [-0.2, -0.15) is 0 Å². The summed E-state index contributed by atoms with van der Waals surface area (Å²) in [4.78, 5) is 8.30. The first-order valence-corrected chi connectivity index (χ1v) is 4.10. The molecule has 1 rings (SSSR count). The Kier molecular flexibility index (Phi) is 2.91. The Balaban J connectivity index is 2.78. The molecule has 0 unspecified atom stereocenters. The summed E-state index contributed by atoms with van der Waals surface area (Å²) in [5.74, 6) is 0. The molecule has 0 amide bonds. The molecule has 0 aliphatic rings. The van der Waals surface area contributed by atoms with Gasteiger partial charge in [0.25, 0.3) is 0 Å². The van der Waals surface area contributed by atoms with E-state index in [1.807, 2.05) is 0 Å². The summed E-state index contributed by atoms with van der Waals surface area (Å²) in [6.45, 7) is 3.82. The van der Waals surface area contributed by atoms with Crippen molar-refractivity contribution < 1.29 is 0 Å². The number of hydrogen-bond donors (Lipinski definition) is 1. The molecule has 0 aromatic carbocycles. The topological polar surface area (TPSA) is 49.6 Å². The SMILES string of the molecule is CCCc1cnc(C(C)=N)cn1. The first-order chi connectivity index (χ1) is 5.74. The van der Waals surface area contributed by atoms with E-state index in [0.29, 0.717) is 11.4 Å². The van der Waals surface area contributed by atoms with E-state index < -0.39 is 0 Å². The Labute approximate surface area is 72.4 Å². The predicted octanol–water partition coefficient (Wildman–Crippen LogP) is 1.82. The highest BCUT2D eigenvalue weighted by Crippen LogP contribution is 1.98. The van der Waals surface area contributed by atoms with Gasteiger partial charge >= 0.3 is 0 Å². The van der Waals surface area contributed by atoms with E-state index in [1.165, 1.54) is 0 Å². The van der Waals surface area contributed by atoms with Gasteiger partial charge in [0.1, 0.15) is 5.69 Å². The normalized spacial score (nSPS) is 9.83. The van der Waals surface area contributed by atoms with E-state index in [4.69, 9.17) is 5.41 Å². The second kappa shape index (κ2) is 3.95. The molecule has 0 aliphatic heterocycles. The molecular formula is C9H13N3. The van der Waals surface area contributed by atoms with Crippen LogP contribution in [0.4, 0.5) is 0 Å². The molecule has 0 bridgehead atoms. The maximum absolute atomic E-state index is 7.31. The quantitative estimate of drug-likeness (QED) is 0.691. The molecule has 3 heteroatoms. The van der Waals surface area contributed by atoms with Gasteiger partial charge in [0.2, 0.25) is 0 Å². The van der Waals surface area contributed by atoms with Crippen LogP contribution in [0.25, 0.3) is 0 Å². The molecule has 0 saturated heterocycles. The predicted molar refractivity (Wildman–Crippen MR) is 48.5 cm³/mol. The van der Waals surface area contributed by atoms with Gasteiger partial charge in [-0.3, -0.25) is 9.97 Å². The smallest absolute Gasteiger partial charge is 0.102 e. The van der Waals surface area contributed by atoms with Crippen molar-refractivity contribution in [1.29, 1.82) is 5.41 Å². The number of nitrogens with zero attached hydrogens (tertiary/aromatic N) is 2. The van der Waals surface area contributed by atoms with E-state index in [1.54, 1.807) is 19.3 Å². The average molecular weight is 163 g/mol. The lowest BCUT2D eigenvalue weighted by atomic mass is 10.2. The van der Waals surface area contributed by atoms with E-state index in [-0.39, 0.29) is 0 Å². The fourth-order valence-corrected chi connectivity index (χ4v) is 0.934. The van der Waals surface area contributed by atoms with Gasteiger partial charge in [0.15, 0.2) is 0 Å². The molecule has 3 nitrogen and oxygen atoms in total. The largest absolute Gasteiger partial charge is 0.303 e. The Hall–Kier alpha value is -1.25. The molecule has 1 aromatic heterocycles. The van der Waals surface area contributed by atoms with Crippen molar-refractivity contribution in [3.8, 4) is 0 Å². The number of aryl methyl sites for hydroxylation is 1. The highest BCUT2D eigenvalue weighted by atomic mass is 14.8.